The third kappa shape index (κ3) is 4.94. The van der Waals surface area contributed by atoms with Gasteiger partial charge in [0.15, 0.2) is 8.68 Å². The third-order valence-electron chi connectivity index (χ3n) is 2.88. The zero-order valence-electron chi connectivity index (χ0n) is 13.0. The van der Waals surface area contributed by atoms with E-state index in [4.69, 9.17) is 11.6 Å². The number of amides is 1. The fourth-order valence-corrected chi connectivity index (χ4v) is 4.78. The molecule has 0 aliphatic rings. The van der Waals surface area contributed by atoms with Gasteiger partial charge in [0, 0.05) is 5.02 Å². The molecule has 3 rings (SSSR count). The second-order valence-corrected chi connectivity index (χ2v) is 8.75. The van der Waals surface area contributed by atoms with E-state index in [1.165, 1.54) is 29.4 Å². The number of thioether (sulfide) groups is 2. The largest absolute Gasteiger partial charge is 0.323 e. The quantitative estimate of drug-likeness (QED) is 0.593. The molecule has 11 heteroatoms. The summed E-state index contributed by atoms with van der Waals surface area (Å²) in [5.74, 6) is 1.02. The van der Waals surface area contributed by atoms with Crippen molar-refractivity contribution in [1.82, 2.24) is 25.0 Å². The van der Waals surface area contributed by atoms with Crippen LogP contribution in [0.2, 0.25) is 5.02 Å². The van der Waals surface area contributed by atoms with Gasteiger partial charge in [-0.15, -0.1) is 10.2 Å². The van der Waals surface area contributed by atoms with Gasteiger partial charge in [0.1, 0.15) is 12.7 Å². The Morgan fingerprint density at radius 2 is 2.12 bits per heavy atom. The van der Waals surface area contributed by atoms with Crippen LogP contribution in [0.4, 0.5) is 5.69 Å². The summed E-state index contributed by atoms with van der Waals surface area (Å²) in [4.78, 5) is 16.2. The summed E-state index contributed by atoms with van der Waals surface area (Å²) >= 11 is 10.5. The molecule has 0 unspecified atom stereocenters. The number of anilines is 1. The van der Waals surface area contributed by atoms with E-state index in [1.807, 2.05) is 0 Å². The number of halogens is 1. The molecule has 0 fully saturated rings. The molecule has 1 amide bonds. The van der Waals surface area contributed by atoms with E-state index in [0.29, 0.717) is 16.4 Å². The summed E-state index contributed by atoms with van der Waals surface area (Å²) in [6.45, 7) is 2.06. The van der Waals surface area contributed by atoms with Gasteiger partial charge in [0.05, 0.1) is 17.1 Å². The molecule has 1 N–H and O–H groups in total. The molecule has 3 aromatic rings. The first-order chi connectivity index (χ1) is 12.2. The monoisotopic (exact) mass is 412 g/mol. The van der Waals surface area contributed by atoms with Crippen molar-refractivity contribution < 1.29 is 4.79 Å². The van der Waals surface area contributed by atoms with Gasteiger partial charge in [0.25, 0.3) is 0 Å². The number of carbonyl (C=O) groups is 1. The van der Waals surface area contributed by atoms with E-state index >= 15 is 0 Å². The van der Waals surface area contributed by atoms with E-state index in [1.54, 1.807) is 41.0 Å². The molecule has 0 bridgehead atoms. The topological polar surface area (TPSA) is 85.6 Å². The Bertz CT molecular complexity index is 854. The number of hydrogen-bond donors (Lipinski definition) is 1. The van der Waals surface area contributed by atoms with Crippen LogP contribution in [-0.4, -0.2) is 42.4 Å². The molecule has 0 saturated heterocycles. The zero-order valence-corrected chi connectivity index (χ0v) is 16.3. The Kier molecular flexibility index (Phi) is 6.29. The van der Waals surface area contributed by atoms with Crippen molar-refractivity contribution in [2.75, 3.05) is 16.8 Å². The van der Waals surface area contributed by atoms with Crippen LogP contribution < -0.4 is 5.32 Å². The van der Waals surface area contributed by atoms with Crippen LogP contribution in [0.15, 0.2) is 39.5 Å². The first-order valence-corrected chi connectivity index (χ1v) is 10.4. The van der Waals surface area contributed by atoms with Crippen LogP contribution in [0.25, 0.3) is 5.69 Å². The molecular weight excluding hydrogens is 400 g/mol. The van der Waals surface area contributed by atoms with E-state index in [2.05, 4.69) is 32.5 Å². The lowest BCUT2D eigenvalue weighted by atomic mass is 10.2. The van der Waals surface area contributed by atoms with Gasteiger partial charge in [-0.1, -0.05) is 53.4 Å². The number of benzene rings is 1. The Balaban J connectivity index is 1.65. The lowest BCUT2D eigenvalue weighted by molar-refractivity contribution is -0.113. The number of carbonyl (C=O) groups excluding carboxylic acids is 1. The highest BCUT2D eigenvalue weighted by Crippen LogP contribution is 2.29. The average molecular weight is 413 g/mol. The van der Waals surface area contributed by atoms with Gasteiger partial charge in [0.2, 0.25) is 5.91 Å². The number of nitrogens with one attached hydrogen (secondary N) is 1. The van der Waals surface area contributed by atoms with Crippen LogP contribution in [0.3, 0.4) is 0 Å². The minimum atomic E-state index is -0.159. The molecule has 2 heterocycles. The highest BCUT2D eigenvalue weighted by Gasteiger charge is 2.12. The molecule has 0 aliphatic carbocycles. The number of nitrogens with zero attached hydrogens (tertiary/aromatic N) is 5. The molecule has 130 valence electrons. The summed E-state index contributed by atoms with van der Waals surface area (Å²) in [5, 5.41) is 15.6. The first kappa shape index (κ1) is 18.2. The van der Waals surface area contributed by atoms with Gasteiger partial charge < -0.3 is 5.32 Å². The Hall–Kier alpha value is -1.62. The maximum Gasteiger partial charge on any atom is 0.234 e. The van der Waals surface area contributed by atoms with Crippen LogP contribution in [0.1, 0.15) is 6.92 Å². The average Bonchev–Trinajstić information content (AvgIpc) is 3.25. The minimum Gasteiger partial charge on any atom is -0.323 e. The molecular formula is C14H13ClN6OS3. The fraction of sp³-hybridized carbons (Fsp3) is 0.214. The molecule has 25 heavy (non-hydrogen) atoms. The van der Waals surface area contributed by atoms with Crippen LogP contribution in [0, 0.1) is 0 Å². The molecule has 0 aliphatic heterocycles. The number of hydrogen-bond acceptors (Lipinski definition) is 8. The second-order valence-electron chi connectivity index (χ2n) is 4.61. The summed E-state index contributed by atoms with van der Waals surface area (Å²) in [5.41, 5.74) is 1.26. The van der Waals surface area contributed by atoms with E-state index in [-0.39, 0.29) is 11.7 Å². The highest BCUT2D eigenvalue weighted by atomic mass is 35.5. The van der Waals surface area contributed by atoms with E-state index < -0.39 is 0 Å². The SMILES string of the molecule is CCSc1nnc(SCC(=O)Nc2cc(Cl)ccc2-n2cncn2)s1. The summed E-state index contributed by atoms with van der Waals surface area (Å²) < 4.78 is 3.25. The predicted molar refractivity (Wildman–Crippen MR) is 102 cm³/mol. The highest BCUT2D eigenvalue weighted by molar-refractivity contribution is 8.03. The van der Waals surface area contributed by atoms with Crippen molar-refractivity contribution in [3.63, 3.8) is 0 Å². The smallest absolute Gasteiger partial charge is 0.234 e. The maximum atomic E-state index is 12.3. The van der Waals surface area contributed by atoms with Gasteiger partial charge >= 0.3 is 0 Å². The third-order valence-corrected chi connectivity index (χ3v) is 6.19. The maximum absolute atomic E-state index is 12.3. The van der Waals surface area contributed by atoms with Crippen molar-refractivity contribution in [3.05, 3.63) is 35.9 Å². The van der Waals surface area contributed by atoms with Crippen LogP contribution >= 0.6 is 46.5 Å². The zero-order chi connectivity index (χ0) is 17.6. The number of aromatic nitrogens is 5. The fourth-order valence-electron chi connectivity index (χ4n) is 1.89. The van der Waals surface area contributed by atoms with Crippen molar-refractivity contribution >= 4 is 58.1 Å². The lowest BCUT2D eigenvalue weighted by Crippen LogP contribution is -2.16. The summed E-state index contributed by atoms with van der Waals surface area (Å²) in [6, 6.07) is 5.19. The molecule has 1 aromatic carbocycles. The normalized spacial score (nSPS) is 10.8. The summed E-state index contributed by atoms with van der Waals surface area (Å²) in [7, 11) is 0. The summed E-state index contributed by atoms with van der Waals surface area (Å²) in [6.07, 6.45) is 2.99. The van der Waals surface area contributed by atoms with E-state index in [0.717, 1.165) is 14.4 Å². The van der Waals surface area contributed by atoms with Crippen molar-refractivity contribution in [1.29, 1.82) is 0 Å². The van der Waals surface area contributed by atoms with E-state index in [9.17, 15) is 4.79 Å². The van der Waals surface area contributed by atoms with Crippen LogP contribution in [0.5, 0.6) is 0 Å². The van der Waals surface area contributed by atoms with Crippen molar-refractivity contribution in [2.24, 2.45) is 0 Å². The number of rotatable bonds is 7. The van der Waals surface area contributed by atoms with Gasteiger partial charge in [-0.25, -0.2) is 9.67 Å². The predicted octanol–water partition coefficient (Wildman–Crippen LogP) is 3.62. The minimum absolute atomic E-state index is 0.159. The lowest BCUT2D eigenvalue weighted by Gasteiger charge is -2.11. The molecule has 7 nitrogen and oxygen atoms in total. The van der Waals surface area contributed by atoms with Gasteiger partial charge in [-0.2, -0.15) is 5.10 Å². The Morgan fingerprint density at radius 3 is 2.84 bits per heavy atom. The molecule has 0 atom stereocenters. The van der Waals surface area contributed by atoms with Gasteiger partial charge in [-0.05, 0) is 24.0 Å². The van der Waals surface area contributed by atoms with Crippen LogP contribution in [-0.2, 0) is 4.79 Å². The molecule has 0 radical (unpaired) electrons. The molecule has 0 saturated carbocycles. The van der Waals surface area contributed by atoms with Gasteiger partial charge in [-0.3, -0.25) is 4.79 Å². The first-order valence-electron chi connectivity index (χ1n) is 7.19. The standard InChI is InChI=1S/C14H13ClN6OS3/c1-2-23-13-19-20-14(25-13)24-6-12(22)18-10-5-9(15)3-4-11(10)21-8-16-7-17-21/h3-5,7-8H,2,6H2,1H3,(H,18,22). The Labute approximate surface area is 161 Å². The van der Waals surface area contributed by atoms with Crippen molar-refractivity contribution in [2.45, 2.75) is 15.6 Å². The Morgan fingerprint density at radius 1 is 1.32 bits per heavy atom. The molecule has 0 spiro atoms. The molecule has 2 aromatic heterocycles. The van der Waals surface area contributed by atoms with Crippen molar-refractivity contribution in [3.8, 4) is 5.69 Å². The second kappa shape index (κ2) is 8.65.